The van der Waals surface area contributed by atoms with Gasteiger partial charge >= 0.3 is 6.09 Å². The van der Waals surface area contributed by atoms with Crippen LogP contribution in [0.15, 0.2) is 73.3 Å². The fraction of sp³-hybridized carbons (Fsp3) is 0.400. The molecule has 0 saturated carbocycles. The van der Waals surface area contributed by atoms with Gasteiger partial charge in [-0.05, 0) is 37.8 Å². The number of cyclic esters (lactones) is 1. The minimum atomic E-state index is -0.903. The van der Waals surface area contributed by atoms with Gasteiger partial charge in [-0.2, -0.15) is 0 Å². The molecule has 30 heavy (non-hydrogen) atoms. The van der Waals surface area contributed by atoms with E-state index < -0.39 is 11.9 Å². The Morgan fingerprint density at radius 3 is 2.37 bits per heavy atom. The van der Waals surface area contributed by atoms with Crippen molar-refractivity contribution in [2.24, 2.45) is 0 Å². The molecule has 0 radical (unpaired) electrons. The van der Waals surface area contributed by atoms with Crippen molar-refractivity contribution in [3.8, 4) is 0 Å². The van der Waals surface area contributed by atoms with Crippen LogP contribution < -0.4 is 0 Å². The number of ether oxygens (including phenoxy) is 3. The van der Waals surface area contributed by atoms with Gasteiger partial charge in [-0.25, -0.2) is 4.79 Å². The molecule has 2 saturated heterocycles. The lowest BCUT2D eigenvalue weighted by atomic mass is 9.92. The van der Waals surface area contributed by atoms with Gasteiger partial charge in [-0.15, -0.1) is 6.58 Å². The van der Waals surface area contributed by atoms with Gasteiger partial charge in [0.05, 0.1) is 12.1 Å². The molecule has 2 aromatic carbocycles. The van der Waals surface area contributed by atoms with E-state index in [1.54, 1.807) is 0 Å². The molecule has 0 N–H and O–H groups in total. The van der Waals surface area contributed by atoms with Crippen LogP contribution in [0.25, 0.3) is 0 Å². The van der Waals surface area contributed by atoms with E-state index in [1.165, 1.54) is 0 Å². The molecule has 2 fully saturated rings. The molecular formula is C25H29NO4. The van der Waals surface area contributed by atoms with Gasteiger partial charge in [-0.3, -0.25) is 4.90 Å². The molecule has 0 unspecified atom stereocenters. The number of rotatable bonds is 7. The first-order valence-electron chi connectivity index (χ1n) is 10.6. The molecule has 4 rings (SSSR count). The molecule has 5 heteroatoms. The Labute approximate surface area is 178 Å². The Morgan fingerprint density at radius 1 is 1.13 bits per heavy atom. The second-order valence-electron chi connectivity index (χ2n) is 7.94. The summed E-state index contributed by atoms with van der Waals surface area (Å²) in [6.45, 7) is 8.21. The Balaban J connectivity index is 1.76. The molecule has 0 aromatic heterocycles. The number of carbonyl (C=O) groups excluding carboxylic acids is 1. The molecule has 0 spiro atoms. The van der Waals surface area contributed by atoms with Gasteiger partial charge in [0.2, 0.25) is 0 Å². The highest BCUT2D eigenvalue weighted by Crippen LogP contribution is 2.49. The highest BCUT2D eigenvalue weighted by atomic mass is 16.7. The highest BCUT2D eigenvalue weighted by molar-refractivity contribution is 5.72. The van der Waals surface area contributed by atoms with Crippen LogP contribution >= 0.6 is 0 Å². The molecule has 2 aliphatic heterocycles. The number of amides is 1. The van der Waals surface area contributed by atoms with Crippen LogP contribution in [-0.2, 0) is 14.2 Å². The SMILES string of the molecule is C=CC[C@@H]1C[C@@H](N2C(=O)O[C@@H](c3ccccc3)[C@H]2c2ccccc2)[C@](C)(OCC)O1. The van der Waals surface area contributed by atoms with Gasteiger partial charge in [-0.1, -0.05) is 66.7 Å². The summed E-state index contributed by atoms with van der Waals surface area (Å²) in [7, 11) is 0. The van der Waals surface area contributed by atoms with Crippen LogP contribution in [0.3, 0.4) is 0 Å². The third-order valence-electron chi connectivity index (χ3n) is 5.98. The van der Waals surface area contributed by atoms with Crippen LogP contribution in [-0.4, -0.2) is 35.5 Å². The van der Waals surface area contributed by atoms with Gasteiger partial charge in [0.15, 0.2) is 11.9 Å². The summed E-state index contributed by atoms with van der Waals surface area (Å²) in [5, 5.41) is 0. The minimum Gasteiger partial charge on any atom is -0.439 e. The molecule has 0 bridgehead atoms. The van der Waals surface area contributed by atoms with E-state index in [0.717, 1.165) is 11.1 Å². The summed E-state index contributed by atoms with van der Waals surface area (Å²) in [6.07, 6.45) is 2.44. The van der Waals surface area contributed by atoms with E-state index in [9.17, 15) is 4.79 Å². The first-order valence-corrected chi connectivity index (χ1v) is 10.6. The summed E-state index contributed by atoms with van der Waals surface area (Å²) in [6, 6.07) is 19.4. The zero-order valence-corrected chi connectivity index (χ0v) is 17.6. The zero-order valence-electron chi connectivity index (χ0n) is 17.6. The van der Waals surface area contributed by atoms with Crippen molar-refractivity contribution in [2.45, 2.75) is 56.8 Å². The lowest BCUT2D eigenvalue weighted by Gasteiger charge is -2.38. The standard InChI is InChI=1S/C25H29NO4/c1-4-12-20-17-21(25(3,30-20)28-5-2)26-22(18-13-8-6-9-14-18)23(29-24(26)27)19-15-10-7-11-16-19/h4,6-11,13-16,20-23H,1,5,12,17H2,2-3H3/t20-,21-,22-,23+,25-/m1/s1. The highest BCUT2D eigenvalue weighted by Gasteiger charge is 2.56. The number of hydrogen-bond acceptors (Lipinski definition) is 4. The van der Waals surface area contributed by atoms with Gasteiger partial charge in [0.1, 0.15) is 6.04 Å². The Kier molecular flexibility index (Phi) is 5.93. The largest absolute Gasteiger partial charge is 0.439 e. The predicted molar refractivity (Wildman–Crippen MR) is 115 cm³/mol. The number of hydrogen-bond donors (Lipinski definition) is 0. The van der Waals surface area contributed by atoms with Crippen LogP contribution in [0.5, 0.6) is 0 Å². The number of benzene rings is 2. The maximum Gasteiger partial charge on any atom is 0.411 e. The van der Waals surface area contributed by atoms with Crippen LogP contribution in [0, 0.1) is 0 Å². The van der Waals surface area contributed by atoms with Crippen LogP contribution in [0.1, 0.15) is 50.0 Å². The molecule has 2 aromatic rings. The molecule has 0 aliphatic carbocycles. The van der Waals surface area contributed by atoms with Crippen molar-refractivity contribution in [1.29, 1.82) is 0 Å². The Morgan fingerprint density at radius 2 is 1.77 bits per heavy atom. The lowest BCUT2D eigenvalue weighted by Crippen LogP contribution is -2.51. The Hall–Kier alpha value is -2.63. The van der Waals surface area contributed by atoms with Crippen molar-refractivity contribution in [2.75, 3.05) is 6.61 Å². The number of carbonyl (C=O) groups is 1. The minimum absolute atomic E-state index is 0.0518. The normalized spacial score (nSPS) is 31.0. The molecule has 1 amide bonds. The summed E-state index contributed by atoms with van der Waals surface area (Å²) in [4.78, 5) is 15.1. The smallest absolute Gasteiger partial charge is 0.411 e. The Bertz CT molecular complexity index is 871. The lowest BCUT2D eigenvalue weighted by molar-refractivity contribution is -0.231. The van der Waals surface area contributed by atoms with Crippen molar-refractivity contribution in [1.82, 2.24) is 4.90 Å². The van der Waals surface area contributed by atoms with Crippen molar-refractivity contribution >= 4 is 6.09 Å². The second-order valence-corrected chi connectivity index (χ2v) is 7.94. The van der Waals surface area contributed by atoms with E-state index >= 15 is 0 Å². The fourth-order valence-electron chi connectivity index (χ4n) is 4.73. The molecule has 2 heterocycles. The topological polar surface area (TPSA) is 48.0 Å². The molecule has 2 aliphatic rings. The summed E-state index contributed by atoms with van der Waals surface area (Å²) in [5.41, 5.74) is 2.00. The molecule has 5 nitrogen and oxygen atoms in total. The average Bonchev–Trinajstić information content (AvgIpc) is 3.26. The van der Waals surface area contributed by atoms with Crippen LogP contribution in [0.4, 0.5) is 4.79 Å². The van der Waals surface area contributed by atoms with E-state index in [1.807, 2.05) is 85.5 Å². The first kappa shape index (κ1) is 20.6. The van der Waals surface area contributed by atoms with Crippen molar-refractivity contribution in [3.63, 3.8) is 0 Å². The summed E-state index contributed by atoms with van der Waals surface area (Å²) >= 11 is 0. The summed E-state index contributed by atoms with van der Waals surface area (Å²) < 4.78 is 18.3. The maximum absolute atomic E-state index is 13.3. The third-order valence-corrected chi connectivity index (χ3v) is 5.98. The average molecular weight is 408 g/mol. The predicted octanol–water partition coefficient (Wildman–Crippen LogP) is 5.41. The van der Waals surface area contributed by atoms with Gasteiger partial charge in [0, 0.05) is 6.61 Å². The zero-order chi connectivity index (χ0) is 21.1. The first-order chi connectivity index (χ1) is 14.6. The molecular weight excluding hydrogens is 378 g/mol. The van der Waals surface area contributed by atoms with Gasteiger partial charge < -0.3 is 14.2 Å². The van der Waals surface area contributed by atoms with Gasteiger partial charge in [0.25, 0.3) is 0 Å². The van der Waals surface area contributed by atoms with Crippen molar-refractivity contribution < 1.29 is 19.0 Å². The molecule has 5 atom stereocenters. The molecule has 158 valence electrons. The van der Waals surface area contributed by atoms with E-state index in [-0.39, 0.29) is 24.3 Å². The third kappa shape index (κ3) is 3.75. The second kappa shape index (κ2) is 8.62. The van der Waals surface area contributed by atoms with E-state index in [2.05, 4.69) is 6.58 Å². The maximum atomic E-state index is 13.3. The van der Waals surface area contributed by atoms with Crippen molar-refractivity contribution in [3.05, 3.63) is 84.4 Å². The number of nitrogens with zero attached hydrogens (tertiary/aromatic N) is 1. The van der Waals surface area contributed by atoms with E-state index in [4.69, 9.17) is 14.2 Å². The van der Waals surface area contributed by atoms with Crippen LogP contribution in [0.2, 0.25) is 0 Å². The monoisotopic (exact) mass is 407 g/mol. The summed E-state index contributed by atoms with van der Waals surface area (Å²) in [5.74, 6) is -0.903. The van der Waals surface area contributed by atoms with E-state index in [0.29, 0.717) is 19.4 Å². The fourth-order valence-corrected chi connectivity index (χ4v) is 4.73. The quantitative estimate of drug-likeness (QED) is 0.576.